The minimum Gasteiger partial charge on any atom is -0.488 e. The number of aromatic amines is 2. The van der Waals surface area contributed by atoms with Gasteiger partial charge in [-0.2, -0.15) is 0 Å². The number of fused-ring (bicyclic) bond motifs is 6. The van der Waals surface area contributed by atoms with Crippen molar-refractivity contribution in [2.75, 3.05) is 27.3 Å². The van der Waals surface area contributed by atoms with E-state index in [1.807, 2.05) is 55.3 Å². The van der Waals surface area contributed by atoms with E-state index in [2.05, 4.69) is 50.9 Å². The molecule has 61 heavy (non-hydrogen) atoms. The molecule has 1 aliphatic carbocycles. The van der Waals surface area contributed by atoms with Gasteiger partial charge in [0.15, 0.2) is 0 Å². The molecule has 2 fully saturated rings. The minimum absolute atomic E-state index is 0.114. The molecule has 15 heteroatoms. The molecule has 5 heterocycles. The Kier molecular flexibility index (Phi) is 10.7. The summed E-state index contributed by atoms with van der Waals surface area (Å²) in [5, 5.41) is 5.45. The van der Waals surface area contributed by atoms with Crippen LogP contribution in [-0.2, 0) is 38.5 Å². The lowest BCUT2D eigenvalue weighted by molar-refractivity contribution is -0.135. The number of carbonyl (C=O) groups is 4. The third kappa shape index (κ3) is 7.46. The lowest BCUT2D eigenvalue weighted by Gasteiger charge is -2.30. The van der Waals surface area contributed by atoms with Gasteiger partial charge in [-0.3, -0.25) is 9.59 Å². The zero-order valence-corrected chi connectivity index (χ0v) is 34.7. The predicted octanol–water partition coefficient (Wildman–Crippen LogP) is 6.93. The Morgan fingerprint density at radius 2 is 1.51 bits per heavy atom. The first-order valence-electron chi connectivity index (χ1n) is 21.0. The number of rotatable bonds is 9. The molecular weight excluding hydrogens is 777 g/mol. The standard InChI is InChI=1S/C46H50N8O7/c1-25(2)38(51-45(57)59-3)43(55)54-19-9-13-36(54)42-48-33-17-15-27-21-32-30-16-14-28(20-29(30)24-61-37(32)22-31(27)40(33)50-42)34-23-47-41(49-34)35-12-8-18-53(35)44(56)39(52-46(58)60-4)26-10-6-5-7-11-26/h5-7,10-11,14,16,20-23,25,35-36,38-39H,8-9,12-13,15,17-19,24H2,1-4H3,(H,47,49)(H,48,50)(H,51,57)(H,52,58)/t35-,36-,38-,39+/m0/s1. The summed E-state index contributed by atoms with van der Waals surface area (Å²) < 4.78 is 16.1. The topological polar surface area (TPSA) is 184 Å². The fraction of sp³-hybridized carbons (Fsp3) is 0.391. The molecule has 0 saturated carbocycles. The lowest BCUT2D eigenvalue weighted by atomic mass is 9.86. The highest BCUT2D eigenvalue weighted by Crippen LogP contribution is 2.46. The van der Waals surface area contributed by atoms with E-state index in [0.717, 1.165) is 95.0 Å². The summed E-state index contributed by atoms with van der Waals surface area (Å²) in [6.07, 6.45) is 5.32. The summed E-state index contributed by atoms with van der Waals surface area (Å²) in [6.45, 7) is 5.35. The molecule has 0 spiro atoms. The first kappa shape index (κ1) is 39.8. The number of nitrogens with one attached hydrogen (secondary N) is 4. The number of likely N-dealkylation sites (tertiary alicyclic amines) is 2. The number of benzene rings is 3. The van der Waals surface area contributed by atoms with Gasteiger partial charge in [0.25, 0.3) is 5.91 Å². The van der Waals surface area contributed by atoms with Crippen LogP contribution in [-0.4, -0.2) is 87.1 Å². The van der Waals surface area contributed by atoms with E-state index in [9.17, 15) is 19.2 Å². The van der Waals surface area contributed by atoms with Gasteiger partial charge in [0.2, 0.25) is 5.91 Å². The van der Waals surface area contributed by atoms with E-state index < -0.39 is 24.3 Å². The smallest absolute Gasteiger partial charge is 0.407 e. The number of amides is 4. The van der Waals surface area contributed by atoms with Crippen molar-refractivity contribution in [1.82, 2.24) is 40.4 Å². The molecule has 0 unspecified atom stereocenters. The van der Waals surface area contributed by atoms with Crippen LogP contribution >= 0.6 is 0 Å². The fourth-order valence-corrected chi connectivity index (χ4v) is 9.37. The number of H-pyrrole nitrogens is 2. The first-order chi connectivity index (χ1) is 29.6. The number of aryl methyl sites for hydroxylation is 2. The molecule has 4 aliphatic rings. The Labute approximate surface area is 353 Å². The van der Waals surface area contributed by atoms with Gasteiger partial charge in [-0.25, -0.2) is 19.6 Å². The predicted molar refractivity (Wildman–Crippen MR) is 225 cm³/mol. The number of nitrogens with zero attached hydrogens (tertiary/aromatic N) is 4. The average molecular weight is 827 g/mol. The van der Waals surface area contributed by atoms with Crippen LogP contribution < -0.4 is 15.4 Å². The number of alkyl carbamates (subject to hydrolysis) is 2. The van der Waals surface area contributed by atoms with Crippen molar-refractivity contribution >= 4 is 24.0 Å². The van der Waals surface area contributed by atoms with Crippen LogP contribution in [0.15, 0.2) is 66.9 Å². The molecule has 5 aromatic rings. The van der Waals surface area contributed by atoms with Gasteiger partial charge >= 0.3 is 12.2 Å². The quantitative estimate of drug-likeness (QED) is 0.122. The molecule has 9 rings (SSSR count). The number of hydrogen-bond acceptors (Lipinski definition) is 9. The molecule has 316 valence electrons. The SMILES string of the molecule is COC(=O)N[C@H](C(=O)N1CCC[C@H]1c1nc2c([nH]1)CCc1cc3c(cc1-2)OCc1cc(-c2cnc([C@@H]4CCCN4C(=O)[C@H](NC(=O)OC)c4ccccc4)[nH]2)ccc1-3)C(C)C. The minimum atomic E-state index is -0.890. The number of aromatic nitrogens is 4. The molecule has 3 aromatic carbocycles. The van der Waals surface area contributed by atoms with E-state index in [1.165, 1.54) is 19.8 Å². The molecule has 2 aromatic heterocycles. The average Bonchev–Trinajstić information content (AvgIpc) is 4.13. The van der Waals surface area contributed by atoms with E-state index in [4.69, 9.17) is 24.2 Å². The van der Waals surface area contributed by atoms with E-state index in [1.54, 1.807) is 4.90 Å². The Balaban J connectivity index is 0.934. The maximum atomic E-state index is 14.0. The molecule has 15 nitrogen and oxygen atoms in total. The van der Waals surface area contributed by atoms with Gasteiger partial charge in [0.05, 0.1) is 43.9 Å². The van der Waals surface area contributed by atoms with Crippen molar-refractivity contribution < 1.29 is 33.4 Å². The molecule has 3 aliphatic heterocycles. The highest BCUT2D eigenvalue weighted by molar-refractivity contribution is 5.88. The number of carbonyl (C=O) groups excluding carboxylic acids is 4. The summed E-state index contributed by atoms with van der Waals surface area (Å²) in [5.74, 6) is 1.80. The van der Waals surface area contributed by atoms with Gasteiger partial charge in [-0.15, -0.1) is 0 Å². The zero-order valence-electron chi connectivity index (χ0n) is 34.7. The zero-order chi connectivity index (χ0) is 42.4. The molecule has 0 radical (unpaired) electrons. The lowest BCUT2D eigenvalue weighted by Crippen LogP contribution is -2.51. The summed E-state index contributed by atoms with van der Waals surface area (Å²) in [4.78, 5) is 72.8. The number of imidazole rings is 2. The maximum absolute atomic E-state index is 14.0. The molecule has 4 amide bonds. The van der Waals surface area contributed by atoms with Crippen LogP contribution in [0, 0.1) is 5.92 Å². The highest BCUT2D eigenvalue weighted by Gasteiger charge is 2.40. The first-order valence-corrected chi connectivity index (χ1v) is 21.0. The number of methoxy groups -OCH3 is 2. The Morgan fingerprint density at radius 1 is 0.787 bits per heavy atom. The van der Waals surface area contributed by atoms with Crippen molar-refractivity contribution in [3.05, 3.63) is 101 Å². The second-order valence-corrected chi connectivity index (χ2v) is 16.5. The van der Waals surface area contributed by atoms with Gasteiger partial charge < -0.3 is 44.6 Å². The van der Waals surface area contributed by atoms with Crippen LogP contribution in [0.25, 0.3) is 33.6 Å². The Morgan fingerprint density at radius 3 is 2.25 bits per heavy atom. The monoisotopic (exact) mass is 826 g/mol. The van der Waals surface area contributed by atoms with Gasteiger partial charge in [-0.05, 0) is 90.5 Å². The van der Waals surface area contributed by atoms with E-state index >= 15 is 0 Å². The van der Waals surface area contributed by atoms with Crippen LogP contribution in [0.3, 0.4) is 0 Å². The molecule has 0 bridgehead atoms. The molecular formula is C46H50N8O7. The van der Waals surface area contributed by atoms with Crippen LogP contribution in [0.5, 0.6) is 5.75 Å². The van der Waals surface area contributed by atoms with Gasteiger partial charge in [0.1, 0.15) is 36.1 Å². The van der Waals surface area contributed by atoms with Crippen molar-refractivity contribution in [2.24, 2.45) is 5.92 Å². The third-order valence-corrected chi connectivity index (χ3v) is 12.5. The van der Waals surface area contributed by atoms with Gasteiger partial charge in [0, 0.05) is 29.9 Å². The molecule has 4 atom stereocenters. The summed E-state index contributed by atoms with van der Waals surface area (Å²) in [7, 11) is 2.58. The summed E-state index contributed by atoms with van der Waals surface area (Å²) >= 11 is 0. The Bertz CT molecular complexity index is 2500. The second kappa shape index (κ2) is 16.4. The van der Waals surface area contributed by atoms with Crippen LogP contribution in [0.1, 0.15) is 91.7 Å². The van der Waals surface area contributed by atoms with E-state index in [0.29, 0.717) is 31.1 Å². The number of ether oxygens (including phenoxy) is 3. The van der Waals surface area contributed by atoms with Crippen LogP contribution in [0.2, 0.25) is 0 Å². The fourth-order valence-electron chi connectivity index (χ4n) is 9.37. The normalized spacial score (nSPS) is 18.6. The van der Waals surface area contributed by atoms with Crippen molar-refractivity contribution in [3.63, 3.8) is 0 Å². The second-order valence-electron chi connectivity index (χ2n) is 16.5. The van der Waals surface area contributed by atoms with Crippen molar-refractivity contribution in [2.45, 2.75) is 83.1 Å². The maximum Gasteiger partial charge on any atom is 0.407 e. The Hall–Kier alpha value is -6.64. The molecule has 2 saturated heterocycles. The van der Waals surface area contributed by atoms with Crippen molar-refractivity contribution in [1.29, 1.82) is 0 Å². The van der Waals surface area contributed by atoms with E-state index in [-0.39, 0.29) is 29.8 Å². The van der Waals surface area contributed by atoms with Crippen molar-refractivity contribution in [3.8, 4) is 39.4 Å². The molecule has 4 N–H and O–H groups in total. The largest absolute Gasteiger partial charge is 0.488 e. The third-order valence-electron chi connectivity index (χ3n) is 12.5. The summed E-state index contributed by atoms with van der Waals surface area (Å²) in [6, 6.07) is 17.8. The number of hydrogen-bond donors (Lipinski definition) is 4. The van der Waals surface area contributed by atoms with Gasteiger partial charge in [-0.1, -0.05) is 56.3 Å². The summed E-state index contributed by atoms with van der Waals surface area (Å²) in [5.41, 5.74) is 9.85. The highest BCUT2D eigenvalue weighted by atomic mass is 16.5. The van der Waals surface area contributed by atoms with Crippen LogP contribution in [0.4, 0.5) is 9.59 Å².